The standard InChI is InChI=1S/C79H141NO13/c1-3-5-7-9-11-13-15-17-19-21-23-25-27-28-29-30-31-32-33-34-35-36-37-38-39-40-41-43-45-47-49-51-53-55-57-59-61-63-71(84)80-67(66-90-78-76(89)74(87)77(70(65-82)92-78)93-79-75(88)73(86)72(85)69(64-81)91-79)68(83)62-60-58-56-54-52-50-48-46-44-42-26-24-22-20-18-16-14-12-10-8-6-4-2/h5,7,11,13,17,19,23,25,28-29,31-32,34-35,67-70,72-79,81-83,85-89H,3-4,6,8-10,12,14-16,18,20-22,24,26-27,30,33,36-66H2,1-2H3,(H,80,84)/b7-5-,13-11-,19-17-,25-23-,29-28-,32-31-,35-34-. The van der Waals surface area contributed by atoms with Gasteiger partial charge in [-0.15, -0.1) is 0 Å². The van der Waals surface area contributed by atoms with Gasteiger partial charge in [-0.1, -0.05) is 324 Å². The van der Waals surface area contributed by atoms with Gasteiger partial charge < -0.3 is 65.1 Å². The Morgan fingerprint density at radius 2 is 0.742 bits per heavy atom. The lowest BCUT2D eigenvalue weighted by molar-refractivity contribution is -0.359. The average Bonchev–Trinajstić information content (AvgIpc) is 0.852. The minimum atomic E-state index is -1.79. The first kappa shape index (κ1) is 86.3. The second-order valence-corrected chi connectivity index (χ2v) is 26.8. The quantitative estimate of drug-likeness (QED) is 0.0204. The molecule has 12 unspecified atom stereocenters. The third-order valence-corrected chi connectivity index (χ3v) is 18.4. The molecule has 0 aromatic heterocycles. The van der Waals surface area contributed by atoms with E-state index < -0.39 is 86.8 Å². The Bertz CT molecular complexity index is 1890. The lowest BCUT2D eigenvalue weighted by Gasteiger charge is -2.46. The van der Waals surface area contributed by atoms with E-state index in [1.165, 1.54) is 193 Å². The number of amides is 1. The minimum Gasteiger partial charge on any atom is -0.394 e. The van der Waals surface area contributed by atoms with Crippen LogP contribution in [-0.4, -0.2) is 140 Å². The maximum absolute atomic E-state index is 13.4. The zero-order chi connectivity index (χ0) is 67.3. The molecular weight excluding hydrogens is 1170 g/mol. The molecule has 1 amide bonds. The highest BCUT2D eigenvalue weighted by Gasteiger charge is 2.51. The fourth-order valence-corrected chi connectivity index (χ4v) is 12.3. The molecule has 0 aromatic carbocycles. The lowest BCUT2D eigenvalue weighted by atomic mass is 9.97. The number of ether oxygens (including phenoxy) is 4. The van der Waals surface area contributed by atoms with Crippen LogP contribution in [0.15, 0.2) is 85.1 Å². The van der Waals surface area contributed by atoms with Crippen molar-refractivity contribution in [3.05, 3.63) is 85.1 Å². The Kier molecular flexibility index (Phi) is 58.1. The van der Waals surface area contributed by atoms with Crippen molar-refractivity contribution in [1.29, 1.82) is 0 Å². The molecule has 14 heteroatoms. The molecule has 2 aliphatic heterocycles. The van der Waals surface area contributed by atoms with Crippen molar-refractivity contribution in [2.45, 2.75) is 389 Å². The van der Waals surface area contributed by atoms with Crippen LogP contribution < -0.4 is 5.32 Å². The monoisotopic (exact) mass is 1310 g/mol. The van der Waals surface area contributed by atoms with Crippen LogP contribution >= 0.6 is 0 Å². The number of rotatable bonds is 63. The summed E-state index contributed by atoms with van der Waals surface area (Å²) in [5, 5.41) is 87.8. The number of hydrogen-bond acceptors (Lipinski definition) is 13. The van der Waals surface area contributed by atoms with Crippen LogP contribution in [0.25, 0.3) is 0 Å². The van der Waals surface area contributed by atoms with E-state index in [-0.39, 0.29) is 12.5 Å². The lowest BCUT2D eigenvalue weighted by Crippen LogP contribution is -2.65. The molecule has 9 N–H and O–H groups in total. The van der Waals surface area contributed by atoms with Gasteiger partial charge in [-0.25, -0.2) is 0 Å². The average molecular weight is 1310 g/mol. The zero-order valence-corrected chi connectivity index (χ0v) is 59.0. The van der Waals surface area contributed by atoms with Gasteiger partial charge in [0.15, 0.2) is 12.6 Å². The van der Waals surface area contributed by atoms with E-state index in [4.69, 9.17) is 18.9 Å². The number of nitrogens with one attached hydrogen (secondary N) is 1. The second kappa shape index (κ2) is 62.7. The number of hydrogen-bond donors (Lipinski definition) is 9. The predicted octanol–water partition coefficient (Wildman–Crippen LogP) is 16.7. The molecule has 14 nitrogen and oxygen atoms in total. The SMILES string of the molecule is CC/C=C\C/C=C\C/C=C\C/C=C\C/C=C\C/C=C\C/C=C\CCCCCCCCCCCCCCCCCC(=O)NC(COC1OC(CO)C(OC2OC(CO)C(O)C(O)C2O)C(O)C1O)C(O)CCCCCCCCCCCCCCCCCCCCCCCC. The number of aliphatic hydroxyl groups excluding tert-OH is 8. The minimum absolute atomic E-state index is 0.205. The summed E-state index contributed by atoms with van der Waals surface area (Å²) >= 11 is 0. The maximum atomic E-state index is 13.4. The second-order valence-electron chi connectivity index (χ2n) is 26.8. The molecule has 0 spiro atoms. The van der Waals surface area contributed by atoms with E-state index in [1.807, 2.05) is 0 Å². The Hall–Kier alpha value is -2.83. The van der Waals surface area contributed by atoms with Gasteiger partial charge in [0.05, 0.1) is 32.0 Å². The molecule has 2 saturated heterocycles. The molecule has 93 heavy (non-hydrogen) atoms. The highest BCUT2D eigenvalue weighted by atomic mass is 16.7. The van der Waals surface area contributed by atoms with Crippen LogP contribution in [0.4, 0.5) is 0 Å². The summed E-state index contributed by atoms with van der Waals surface area (Å²) in [4.78, 5) is 13.4. The van der Waals surface area contributed by atoms with Crippen molar-refractivity contribution in [1.82, 2.24) is 5.32 Å². The topological polar surface area (TPSA) is 228 Å². The van der Waals surface area contributed by atoms with E-state index in [0.29, 0.717) is 12.8 Å². The highest BCUT2D eigenvalue weighted by molar-refractivity contribution is 5.76. The fourth-order valence-electron chi connectivity index (χ4n) is 12.3. The first-order valence-corrected chi connectivity index (χ1v) is 38.3. The number of carbonyl (C=O) groups is 1. The first-order valence-electron chi connectivity index (χ1n) is 38.3. The molecular formula is C79H141NO13. The van der Waals surface area contributed by atoms with Crippen molar-refractivity contribution in [2.24, 2.45) is 0 Å². The van der Waals surface area contributed by atoms with Gasteiger partial charge in [0.2, 0.25) is 5.91 Å². The van der Waals surface area contributed by atoms with Crippen LogP contribution in [0, 0.1) is 0 Å². The van der Waals surface area contributed by atoms with Gasteiger partial charge in [-0.2, -0.15) is 0 Å². The molecule has 0 saturated carbocycles. The molecule has 2 heterocycles. The van der Waals surface area contributed by atoms with Crippen molar-refractivity contribution in [2.75, 3.05) is 19.8 Å². The van der Waals surface area contributed by atoms with Crippen molar-refractivity contribution < 1.29 is 64.6 Å². The summed E-state index contributed by atoms with van der Waals surface area (Å²) in [5.41, 5.74) is 0. The summed E-state index contributed by atoms with van der Waals surface area (Å²) in [6.45, 7) is 2.79. The molecule has 0 radical (unpaired) electrons. The maximum Gasteiger partial charge on any atom is 0.220 e. The van der Waals surface area contributed by atoms with Gasteiger partial charge in [0.25, 0.3) is 0 Å². The first-order chi connectivity index (χ1) is 45.6. The number of allylic oxidation sites excluding steroid dienone is 14. The van der Waals surface area contributed by atoms with Crippen LogP contribution in [0.1, 0.15) is 316 Å². The zero-order valence-electron chi connectivity index (χ0n) is 59.0. The van der Waals surface area contributed by atoms with E-state index in [0.717, 1.165) is 96.3 Å². The number of unbranched alkanes of at least 4 members (excludes halogenated alkanes) is 36. The fraction of sp³-hybridized carbons (Fsp3) is 0.810. The molecule has 0 aromatic rings. The molecule has 2 aliphatic rings. The third-order valence-electron chi connectivity index (χ3n) is 18.4. The van der Waals surface area contributed by atoms with E-state index in [2.05, 4.69) is 104 Å². The van der Waals surface area contributed by atoms with E-state index >= 15 is 0 Å². The summed E-state index contributed by atoms with van der Waals surface area (Å²) in [6, 6.07) is -0.834. The molecule has 2 fully saturated rings. The summed E-state index contributed by atoms with van der Waals surface area (Å²) < 4.78 is 23.0. The highest BCUT2D eigenvalue weighted by Crippen LogP contribution is 2.30. The van der Waals surface area contributed by atoms with Crippen LogP contribution in [0.2, 0.25) is 0 Å². The summed E-state index contributed by atoms with van der Waals surface area (Å²) in [7, 11) is 0. The largest absolute Gasteiger partial charge is 0.394 e. The summed E-state index contributed by atoms with van der Waals surface area (Å²) in [6.07, 6.45) is 70.3. The van der Waals surface area contributed by atoms with E-state index in [9.17, 15) is 45.6 Å². The Balaban J connectivity index is 1.61. The Labute approximate surface area is 567 Å². The molecule has 0 aliphatic carbocycles. The predicted molar refractivity (Wildman–Crippen MR) is 383 cm³/mol. The van der Waals surface area contributed by atoms with Crippen molar-refractivity contribution in [3.63, 3.8) is 0 Å². The number of carbonyl (C=O) groups excluding carboxylic acids is 1. The van der Waals surface area contributed by atoms with Crippen LogP contribution in [0.3, 0.4) is 0 Å². The summed E-state index contributed by atoms with van der Waals surface area (Å²) in [5.74, 6) is -0.205. The van der Waals surface area contributed by atoms with Gasteiger partial charge in [0.1, 0.15) is 48.8 Å². The van der Waals surface area contributed by atoms with Gasteiger partial charge in [0, 0.05) is 6.42 Å². The third kappa shape index (κ3) is 46.1. The van der Waals surface area contributed by atoms with Gasteiger partial charge in [-0.05, 0) is 70.6 Å². The molecule has 540 valence electrons. The number of aliphatic hydroxyl groups is 8. The Morgan fingerprint density at radius 1 is 0.398 bits per heavy atom. The Morgan fingerprint density at radius 3 is 1.14 bits per heavy atom. The molecule has 2 rings (SSSR count). The van der Waals surface area contributed by atoms with Gasteiger partial charge >= 0.3 is 0 Å². The molecule has 0 bridgehead atoms. The van der Waals surface area contributed by atoms with Crippen LogP contribution in [0.5, 0.6) is 0 Å². The normalized spacial score (nSPS) is 23.0. The van der Waals surface area contributed by atoms with Crippen molar-refractivity contribution in [3.8, 4) is 0 Å². The smallest absolute Gasteiger partial charge is 0.220 e. The van der Waals surface area contributed by atoms with E-state index in [1.54, 1.807) is 0 Å². The van der Waals surface area contributed by atoms with Crippen LogP contribution in [-0.2, 0) is 23.7 Å². The molecule has 12 atom stereocenters. The van der Waals surface area contributed by atoms with Gasteiger partial charge in [-0.3, -0.25) is 4.79 Å². The van der Waals surface area contributed by atoms with Crippen molar-refractivity contribution >= 4 is 5.91 Å².